The maximum absolute atomic E-state index is 11.8. The van der Waals surface area contributed by atoms with Crippen LogP contribution in [0.2, 0.25) is 0 Å². The molecule has 0 bridgehead atoms. The molecule has 0 aliphatic heterocycles. The molecule has 1 amide bonds. The van der Waals surface area contributed by atoms with E-state index in [0.717, 1.165) is 19.3 Å². The van der Waals surface area contributed by atoms with Crippen molar-refractivity contribution in [1.29, 1.82) is 0 Å². The molecule has 1 aliphatic carbocycles. The highest BCUT2D eigenvalue weighted by molar-refractivity contribution is 5.86. The Labute approximate surface area is 95.4 Å². The van der Waals surface area contributed by atoms with Crippen molar-refractivity contribution in [2.45, 2.75) is 44.6 Å². The summed E-state index contributed by atoms with van der Waals surface area (Å²) in [5.74, 6) is -1.69. The first-order valence-electron chi connectivity index (χ1n) is 5.76. The molecule has 1 aliphatic rings. The molecule has 1 atom stereocenters. The fourth-order valence-electron chi connectivity index (χ4n) is 1.92. The predicted octanol–water partition coefficient (Wildman–Crippen LogP) is 0.485. The van der Waals surface area contributed by atoms with Crippen LogP contribution in [0.3, 0.4) is 0 Å². The van der Waals surface area contributed by atoms with E-state index >= 15 is 0 Å². The lowest BCUT2D eigenvalue weighted by Gasteiger charge is -2.32. The minimum absolute atomic E-state index is 0.146. The molecule has 0 spiro atoms. The monoisotopic (exact) mass is 228 g/mol. The van der Waals surface area contributed by atoms with E-state index in [0.29, 0.717) is 12.8 Å². The minimum atomic E-state index is -0.907. The molecule has 0 aromatic carbocycles. The number of hydrogen-bond acceptors (Lipinski definition) is 3. The molecule has 1 rings (SSSR count). The summed E-state index contributed by atoms with van der Waals surface area (Å²) >= 11 is 0. The molecule has 5 nitrogen and oxygen atoms in total. The van der Waals surface area contributed by atoms with Gasteiger partial charge in [0.15, 0.2) is 0 Å². The summed E-state index contributed by atoms with van der Waals surface area (Å²) in [6, 6.07) is 0. The summed E-state index contributed by atoms with van der Waals surface area (Å²) in [6.45, 7) is 1.71. The Morgan fingerprint density at radius 2 is 1.94 bits per heavy atom. The van der Waals surface area contributed by atoms with E-state index in [2.05, 4.69) is 5.32 Å². The molecule has 5 heteroatoms. The standard InChI is InChI=1S/C11H20N2O3/c1-8(9(14)15)7-13-10(16)11(12)5-3-2-4-6-11/h8H,2-7,12H2,1H3,(H,13,16)(H,14,15). The summed E-state index contributed by atoms with van der Waals surface area (Å²) in [7, 11) is 0. The topological polar surface area (TPSA) is 92.4 Å². The average molecular weight is 228 g/mol. The first-order chi connectivity index (χ1) is 7.46. The fraction of sp³-hybridized carbons (Fsp3) is 0.818. The van der Waals surface area contributed by atoms with Crippen molar-refractivity contribution in [2.24, 2.45) is 11.7 Å². The number of carboxylic acids is 1. The molecule has 92 valence electrons. The first-order valence-corrected chi connectivity index (χ1v) is 5.76. The van der Waals surface area contributed by atoms with E-state index in [-0.39, 0.29) is 12.5 Å². The van der Waals surface area contributed by atoms with Crippen LogP contribution in [-0.4, -0.2) is 29.1 Å². The molecule has 0 heterocycles. The third-order valence-electron chi connectivity index (χ3n) is 3.19. The lowest BCUT2D eigenvalue weighted by Crippen LogP contribution is -2.55. The van der Waals surface area contributed by atoms with Crippen LogP contribution >= 0.6 is 0 Å². The molecule has 1 unspecified atom stereocenters. The van der Waals surface area contributed by atoms with E-state index in [4.69, 9.17) is 10.8 Å². The third kappa shape index (κ3) is 3.20. The maximum atomic E-state index is 11.8. The molecule has 4 N–H and O–H groups in total. The Morgan fingerprint density at radius 1 is 1.38 bits per heavy atom. The first kappa shape index (κ1) is 13.0. The molecule has 0 saturated heterocycles. The van der Waals surface area contributed by atoms with Crippen LogP contribution < -0.4 is 11.1 Å². The highest BCUT2D eigenvalue weighted by atomic mass is 16.4. The van der Waals surface area contributed by atoms with Gasteiger partial charge in [-0.15, -0.1) is 0 Å². The van der Waals surface area contributed by atoms with E-state index in [1.807, 2.05) is 0 Å². The van der Waals surface area contributed by atoms with Crippen molar-refractivity contribution in [1.82, 2.24) is 5.32 Å². The number of hydrogen-bond donors (Lipinski definition) is 3. The smallest absolute Gasteiger partial charge is 0.308 e. The van der Waals surface area contributed by atoms with E-state index in [9.17, 15) is 9.59 Å². The molecule has 0 aromatic rings. The van der Waals surface area contributed by atoms with Crippen LogP contribution in [0.1, 0.15) is 39.0 Å². The molecule has 0 aromatic heterocycles. The number of carbonyl (C=O) groups excluding carboxylic acids is 1. The SMILES string of the molecule is CC(CNC(=O)C1(N)CCCCC1)C(=O)O. The van der Waals surface area contributed by atoms with Gasteiger partial charge in [-0.3, -0.25) is 9.59 Å². The van der Waals surface area contributed by atoms with Crippen LogP contribution in [0.25, 0.3) is 0 Å². The number of amides is 1. The van der Waals surface area contributed by atoms with Crippen molar-refractivity contribution in [3.8, 4) is 0 Å². The molecule has 16 heavy (non-hydrogen) atoms. The Bertz CT molecular complexity index is 272. The van der Waals surface area contributed by atoms with Crippen molar-refractivity contribution in [2.75, 3.05) is 6.54 Å². The van der Waals surface area contributed by atoms with Gasteiger partial charge in [-0.1, -0.05) is 26.2 Å². The van der Waals surface area contributed by atoms with Crippen LogP contribution in [0, 0.1) is 5.92 Å². The van der Waals surface area contributed by atoms with Crippen molar-refractivity contribution < 1.29 is 14.7 Å². The van der Waals surface area contributed by atoms with Gasteiger partial charge >= 0.3 is 5.97 Å². The van der Waals surface area contributed by atoms with Gasteiger partial charge in [0, 0.05) is 6.54 Å². The second-order valence-corrected chi connectivity index (χ2v) is 4.67. The Kier molecular flexibility index (Phi) is 4.29. The summed E-state index contributed by atoms with van der Waals surface area (Å²) in [6.07, 6.45) is 4.45. The number of carbonyl (C=O) groups is 2. The molecular formula is C11H20N2O3. The zero-order valence-electron chi connectivity index (χ0n) is 9.66. The van der Waals surface area contributed by atoms with Crippen LogP contribution in [0.4, 0.5) is 0 Å². The van der Waals surface area contributed by atoms with Crippen molar-refractivity contribution in [3.05, 3.63) is 0 Å². The van der Waals surface area contributed by atoms with Gasteiger partial charge in [-0.05, 0) is 12.8 Å². The Balaban J connectivity index is 2.42. The molecular weight excluding hydrogens is 208 g/mol. The average Bonchev–Trinajstić information content (AvgIpc) is 2.26. The highest BCUT2D eigenvalue weighted by Crippen LogP contribution is 2.25. The fourth-order valence-corrected chi connectivity index (χ4v) is 1.92. The zero-order chi connectivity index (χ0) is 12.2. The van der Waals surface area contributed by atoms with E-state index in [1.165, 1.54) is 0 Å². The Hall–Kier alpha value is -1.10. The summed E-state index contributed by atoms with van der Waals surface area (Å²) < 4.78 is 0. The summed E-state index contributed by atoms with van der Waals surface area (Å²) in [5.41, 5.74) is 5.22. The molecule has 1 saturated carbocycles. The number of nitrogens with one attached hydrogen (secondary N) is 1. The van der Waals surface area contributed by atoms with Crippen molar-refractivity contribution >= 4 is 11.9 Å². The van der Waals surface area contributed by atoms with Gasteiger partial charge in [0.2, 0.25) is 5.91 Å². The number of nitrogens with two attached hydrogens (primary N) is 1. The van der Waals surface area contributed by atoms with Crippen LogP contribution in [-0.2, 0) is 9.59 Å². The largest absolute Gasteiger partial charge is 0.481 e. The highest BCUT2D eigenvalue weighted by Gasteiger charge is 2.35. The second-order valence-electron chi connectivity index (χ2n) is 4.67. The Morgan fingerprint density at radius 3 is 2.44 bits per heavy atom. The number of rotatable bonds is 4. The van der Waals surface area contributed by atoms with Gasteiger partial charge in [0.05, 0.1) is 11.5 Å². The zero-order valence-corrected chi connectivity index (χ0v) is 9.66. The van der Waals surface area contributed by atoms with E-state index in [1.54, 1.807) is 6.92 Å². The van der Waals surface area contributed by atoms with Gasteiger partial charge in [0.25, 0.3) is 0 Å². The van der Waals surface area contributed by atoms with Crippen LogP contribution in [0.5, 0.6) is 0 Å². The van der Waals surface area contributed by atoms with E-state index < -0.39 is 17.4 Å². The van der Waals surface area contributed by atoms with Gasteiger partial charge in [-0.25, -0.2) is 0 Å². The number of carboxylic acid groups (broad SMARTS) is 1. The predicted molar refractivity (Wildman–Crippen MR) is 59.8 cm³/mol. The molecule has 0 radical (unpaired) electrons. The van der Waals surface area contributed by atoms with Crippen molar-refractivity contribution in [3.63, 3.8) is 0 Å². The lowest BCUT2D eigenvalue weighted by molar-refractivity contribution is -0.141. The quantitative estimate of drug-likeness (QED) is 0.652. The normalized spacial score (nSPS) is 21.1. The second kappa shape index (κ2) is 5.30. The van der Waals surface area contributed by atoms with Gasteiger partial charge in [-0.2, -0.15) is 0 Å². The minimum Gasteiger partial charge on any atom is -0.481 e. The third-order valence-corrected chi connectivity index (χ3v) is 3.19. The van der Waals surface area contributed by atoms with Gasteiger partial charge in [0.1, 0.15) is 0 Å². The lowest BCUT2D eigenvalue weighted by atomic mass is 9.82. The summed E-state index contributed by atoms with van der Waals surface area (Å²) in [4.78, 5) is 22.4. The number of aliphatic carboxylic acids is 1. The van der Waals surface area contributed by atoms with Gasteiger partial charge < -0.3 is 16.2 Å². The maximum Gasteiger partial charge on any atom is 0.308 e. The molecule has 1 fully saturated rings. The van der Waals surface area contributed by atoms with Crippen LogP contribution in [0.15, 0.2) is 0 Å². The summed E-state index contributed by atoms with van der Waals surface area (Å²) in [5, 5.41) is 11.3.